The van der Waals surface area contributed by atoms with E-state index in [1.807, 2.05) is 4.57 Å². The van der Waals surface area contributed by atoms with Gasteiger partial charge in [-0.3, -0.25) is 0 Å². The van der Waals surface area contributed by atoms with E-state index in [-0.39, 0.29) is 6.73 Å². The second-order valence-electron chi connectivity index (χ2n) is 10.0. The van der Waals surface area contributed by atoms with Gasteiger partial charge in [0.05, 0.1) is 34.3 Å². The number of ether oxygens (including phenoxy) is 2. The van der Waals surface area contributed by atoms with Gasteiger partial charge in [-0.25, -0.2) is 9.97 Å². The number of nitriles is 2. The fourth-order valence-corrected chi connectivity index (χ4v) is 5.80. The molecule has 0 amide bonds. The highest BCUT2D eigenvalue weighted by Crippen LogP contribution is 2.39. The van der Waals surface area contributed by atoms with Crippen LogP contribution in [0.2, 0.25) is 30.7 Å². The van der Waals surface area contributed by atoms with Crippen molar-refractivity contribution in [2.45, 2.75) is 51.4 Å². The van der Waals surface area contributed by atoms with E-state index in [9.17, 15) is 10.5 Å². The smallest absolute Gasteiger partial charge is 0.190 e. The molecule has 38 heavy (non-hydrogen) atoms. The highest BCUT2D eigenvalue weighted by atomic mass is 35.5. The van der Waals surface area contributed by atoms with Crippen molar-refractivity contribution in [3.05, 3.63) is 34.5 Å². The second kappa shape index (κ2) is 13.5. The molecule has 0 saturated heterocycles. The van der Waals surface area contributed by atoms with Crippen LogP contribution in [0.4, 0.5) is 0 Å². The van der Waals surface area contributed by atoms with Crippen LogP contribution < -0.4 is 4.74 Å². The van der Waals surface area contributed by atoms with Gasteiger partial charge in [0.1, 0.15) is 30.3 Å². The van der Waals surface area contributed by atoms with Crippen LogP contribution >= 0.6 is 23.4 Å². The summed E-state index contributed by atoms with van der Waals surface area (Å²) in [6, 6.07) is 8.72. The summed E-state index contributed by atoms with van der Waals surface area (Å²) in [6.07, 6.45) is 1.76. The molecule has 0 bridgehead atoms. The summed E-state index contributed by atoms with van der Waals surface area (Å²) in [7, 11) is 0.271. The molecule has 0 N–H and O–H groups in total. The lowest BCUT2D eigenvalue weighted by atomic mass is 10.0. The molecule has 0 unspecified atom stereocenters. The van der Waals surface area contributed by atoms with E-state index < -0.39 is 8.07 Å². The van der Waals surface area contributed by atoms with E-state index in [4.69, 9.17) is 31.0 Å². The lowest BCUT2D eigenvalue weighted by Crippen LogP contribution is -2.25. The van der Waals surface area contributed by atoms with E-state index in [0.717, 1.165) is 31.4 Å². The van der Waals surface area contributed by atoms with Gasteiger partial charge in [-0.2, -0.15) is 10.5 Å². The Labute approximate surface area is 235 Å². The molecular weight excluding hydrogens is 536 g/mol. The minimum Gasteiger partial charge on any atom is -0.495 e. The molecule has 0 atom stereocenters. The highest BCUT2D eigenvalue weighted by Gasteiger charge is 2.22. The van der Waals surface area contributed by atoms with Crippen LogP contribution in [0.25, 0.3) is 22.3 Å². The Morgan fingerprint density at radius 3 is 2.42 bits per heavy atom. The van der Waals surface area contributed by atoms with Gasteiger partial charge in [0.15, 0.2) is 5.16 Å². The van der Waals surface area contributed by atoms with Gasteiger partial charge in [-0.05, 0) is 31.3 Å². The lowest BCUT2D eigenvalue weighted by molar-refractivity contribution is 0.0898. The third-order valence-corrected chi connectivity index (χ3v) is 9.09. The average Bonchev–Trinajstić information content (AvgIpc) is 3.25. The first kappa shape index (κ1) is 29.9. The predicted molar refractivity (Wildman–Crippen MR) is 157 cm³/mol. The Balaban J connectivity index is 2.12. The number of benzene rings is 1. The maximum Gasteiger partial charge on any atom is 0.190 e. The number of hydrogen-bond acceptors (Lipinski definition) is 8. The normalized spacial score (nSPS) is 11.6. The van der Waals surface area contributed by atoms with Crippen molar-refractivity contribution in [2.24, 2.45) is 0 Å². The molecule has 0 aliphatic carbocycles. The number of methoxy groups -OCH3 is 1. The monoisotopic (exact) mass is 570 g/mol. The van der Waals surface area contributed by atoms with E-state index in [1.54, 1.807) is 30.1 Å². The molecule has 11 heteroatoms. The molecular formula is C27H35ClN6O2SSi. The zero-order chi connectivity index (χ0) is 27.9. The van der Waals surface area contributed by atoms with E-state index in [2.05, 4.69) is 50.5 Å². The number of thioether (sulfide) groups is 1. The number of aromatic nitrogens is 3. The van der Waals surface area contributed by atoms with Crippen LogP contribution in [0.5, 0.6) is 5.75 Å². The quantitative estimate of drug-likeness (QED) is 0.103. The number of halogens is 1. The molecule has 3 aromatic rings. The summed E-state index contributed by atoms with van der Waals surface area (Å²) >= 11 is 8.23. The molecule has 0 fully saturated rings. The molecule has 3 rings (SSSR count). The first-order valence-corrected chi connectivity index (χ1v) is 17.7. The van der Waals surface area contributed by atoms with Crippen LogP contribution in [-0.2, 0) is 11.5 Å². The Morgan fingerprint density at radius 2 is 1.82 bits per heavy atom. The van der Waals surface area contributed by atoms with Crippen molar-refractivity contribution < 1.29 is 9.47 Å². The topological polar surface area (TPSA) is 100.0 Å². The Kier molecular flexibility index (Phi) is 10.6. The third-order valence-electron chi connectivity index (χ3n) is 6.24. The minimum absolute atomic E-state index is 0.285. The largest absolute Gasteiger partial charge is 0.495 e. The van der Waals surface area contributed by atoms with Crippen LogP contribution in [0, 0.1) is 22.7 Å². The molecule has 0 aliphatic rings. The van der Waals surface area contributed by atoms with Gasteiger partial charge in [-0.15, -0.1) is 0 Å². The number of nitrogens with zero attached hydrogens (tertiary/aromatic N) is 6. The van der Waals surface area contributed by atoms with Crippen molar-refractivity contribution in [3.63, 3.8) is 0 Å². The molecule has 0 saturated carbocycles. The maximum atomic E-state index is 10.0. The van der Waals surface area contributed by atoms with Crippen LogP contribution in [0.1, 0.15) is 25.0 Å². The summed E-state index contributed by atoms with van der Waals surface area (Å²) in [4.78, 5) is 12.1. The molecule has 2 heterocycles. The number of fused-ring (bicyclic) bond motifs is 1. The molecule has 0 radical (unpaired) electrons. The summed E-state index contributed by atoms with van der Waals surface area (Å²) in [6.45, 7) is 15.0. The highest BCUT2D eigenvalue weighted by molar-refractivity contribution is 7.99. The van der Waals surface area contributed by atoms with Crippen molar-refractivity contribution >= 4 is 42.5 Å². The number of hydrogen-bond donors (Lipinski definition) is 0. The Hall–Kier alpha value is -2.60. The second-order valence-corrected chi connectivity index (χ2v) is 17.1. The minimum atomic E-state index is -1.24. The molecule has 2 aromatic heterocycles. The van der Waals surface area contributed by atoms with Crippen molar-refractivity contribution in [1.29, 1.82) is 10.5 Å². The van der Waals surface area contributed by atoms with E-state index >= 15 is 0 Å². The van der Waals surface area contributed by atoms with Crippen molar-refractivity contribution in [3.8, 4) is 29.1 Å². The van der Waals surface area contributed by atoms with E-state index in [1.165, 1.54) is 7.11 Å². The van der Waals surface area contributed by atoms with E-state index in [0.29, 0.717) is 56.0 Å². The third kappa shape index (κ3) is 7.28. The summed E-state index contributed by atoms with van der Waals surface area (Å²) in [5, 5.41) is 21.0. The van der Waals surface area contributed by atoms with Crippen LogP contribution in [0.15, 0.2) is 23.5 Å². The fraction of sp³-hybridized carbons (Fsp3) is 0.481. The van der Waals surface area contributed by atoms with Gasteiger partial charge in [0.2, 0.25) is 0 Å². The Bertz CT molecular complexity index is 1360. The molecule has 202 valence electrons. The van der Waals surface area contributed by atoms with Gasteiger partial charge >= 0.3 is 0 Å². The van der Waals surface area contributed by atoms with Crippen LogP contribution in [-0.4, -0.2) is 66.6 Å². The molecule has 8 nitrogen and oxygen atoms in total. The summed E-state index contributed by atoms with van der Waals surface area (Å²) in [5.41, 5.74) is 2.49. The number of rotatable bonds is 13. The van der Waals surface area contributed by atoms with Gasteiger partial charge in [-0.1, -0.05) is 56.9 Å². The summed E-state index contributed by atoms with van der Waals surface area (Å²) in [5.74, 6) is 1.21. The first-order chi connectivity index (χ1) is 18.1. The van der Waals surface area contributed by atoms with Gasteiger partial charge < -0.3 is 18.9 Å². The van der Waals surface area contributed by atoms with Crippen molar-refractivity contribution in [2.75, 3.05) is 39.1 Å². The predicted octanol–water partition coefficient (Wildman–Crippen LogP) is 6.25. The lowest BCUT2D eigenvalue weighted by Gasteiger charge is -2.17. The maximum absolute atomic E-state index is 10.0. The Morgan fingerprint density at radius 1 is 1.11 bits per heavy atom. The SMILES string of the molecule is CCN(CC)CCSc1nc(-c2cc(OC)c(C#N)cc2Cl)c2c(C#N)cn(COCC[Si](C)(C)C)c2n1. The standard InChI is InChI=1S/C27H35ClN6O2SSi/c1-7-33(8-2)9-11-37-27-31-25(21-14-23(35-3)19(15-29)13-22(21)28)24-20(16-30)17-34(26(24)32-27)18-36-10-12-38(4,5)6/h13-14,17H,7-12,18H2,1-6H3. The molecule has 0 spiro atoms. The zero-order valence-corrected chi connectivity index (χ0v) is 25.5. The zero-order valence-electron chi connectivity index (χ0n) is 23.0. The average molecular weight is 571 g/mol. The van der Waals surface area contributed by atoms with Crippen LogP contribution in [0.3, 0.4) is 0 Å². The molecule has 0 aliphatic heterocycles. The van der Waals surface area contributed by atoms with Gasteiger partial charge in [0, 0.05) is 38.7 Å². The van der Waals surface area contributed by atoms with Crippen molar-refractivity contribution in [1.82, 2.24) is 19.4 Å². The molecule has 1 aromatic carbocycles. The first-order valence-electron chi connectivity index (χ1n) is 12.7. The fourth-order valence-electron chi connectivity index (χ4n) is 3.95. The van der Waals surface area contributed by atoms with Gasteiger partial charge in [0.25, 0.3) is 0 Å². The summed E-state index contributed by atoms with van der Waals surface area (Å²) < 4.78 is 13.3.